The van der Waals surface area contributed by atoms with Crippen LogP contribution in [0.3, 0.4) is 0 Å². The Hall–Kier alpha value is -2.71. The standard InChI is InChI=1S/C10H10O4.C6H6O3S/c1-13-9(11)7-4-3-5-8(6-7)10(12)14-2;7-10(8,9)6-4-2-1-3-5-6/h3-6H,1-2H3;1-5H,(H,7,8,9). The average Bonchev–Trinajstić information content (AvgIpc) is 2.61. The van der Waals surface area contributed by atoms with E-state index in [4.69, 9.17) is 4.55 Å². The molecule has 0 aliphatic rings. The minimum Gasteiger partial charge on any atom is -0.465 e. The lowest BCUT2D eigenvalue weighted by Crippen LogP contribution is -2.05. The lowest BCUT2D eigenvalue weighted by Gasteiger charge is -2.01. The molecule has 24 heavy (non-hydrogen) atoms. The maximum Gasteiger partial charge on any atom is 0.337 e. The monoisotopic (exact) mass is 352 g/mol. The van der Waals surface area contributed by atoms with Crippen LogP contribution < -0.4 is 0 Å². The Labute approximate surface area is 139 Å². The van der Waals surface area contributed by atoms with Crippen molar-refractivity contribution in [2.24, 2.45) is 0 Å². The minimum absolute atomic E-state index is 0.0741. The Bertz CT molecular complexity index is 767. The number of hydrogen-bond acceptors (Lipinski definition) is 6. The zero-order valence-corrected chi connectivity index (χ0v) is 13.8. The van der Waals surface area contributed by atoms with Gasteiger partial charge in [0, 0.05) is 0 Å². The highest BCUT2D eigenvalue weighted by Gasteiger charge is 2.10. The van der Waals surface area contributed by atoms with E-state index in [1.54, 1.807) is 36.4 Å². The molecule has 7 nitrogen and oxygen atoms in total. The SMILES string of the molecule is COC(=O)c1cccc(C(=O)OC)c1.O=S(=O)(O)c1ccccc1. The highest BCUT2D eigenvalue weighted by atomic mass is 32.2. The van der Waals surface area contributed by atoms with Gasteiger partial charge in [-0.05, 0) is 30.3 Å². The first kappa shape index (κ1) is 19.3. The first-order chi connectivity index (χ1) is 11.3. The number of carbonyl (C=O) groups excluding carboxylic acids is 2. The van der Waals surface area contributed by atoms with Gasteiger partial charge in [0.1, 0.15) is 0 Å². The van der Waals surface area contributed by atoms with Gasteiger partial charge in [-0.2, -0.15) is 8.42 Å². The molecule has 2 aromatic carbocycles. The van der Waals surface area contributed by atoms with Crippen molar-refractivity contribution in [1.82, 2.24) is 0 Å². The van der Waals surface area contributed by atoms with E-state index in [0.717, 1.165) is 0 Å². The summed E-state index contributed by atoms with van der Waals surface area (Å²) in [4.78, 5) is 22.1. The molecular formula is C16H16O7S. The molecule has 0 aliphatic heterocycles. The molecule has 128 valence electrons. The van der Waals surface area contributed by atoms with Crippen molar-refractivity contribution in [3.8, 4) is 0 Å². The smallest absolute Gasteiger partial charge is 0.337 e. The number of benzene rings is 2. The van der Waals surface area contributed by atoms with Crippen LogP contribution in [0, 0.1) is 0 Å². The number of ether oxygens (including phenoxy) is 2. The lowest BCUT2D eigenvalue weighted by molar-refractivity contribution is 0.0599. The molecule has 0 fully saturated rings. The average molecular weight is 352 g/mol. The van der Waals surface area contributed by atoms with E-state index in [1.165, 1.54) is 32.4 Å². The van der Waals surface area contributed by atoms with Crippen LogP contribution >= 0.6 is 0 Å². The summed E-state index contributed by atoms with van der Waals surface area (Å²) < 4.78 is 38.3. The third kappa shape index (κ3) is 5.82. The van der Waals surface area contributed by atoms with Crippen molar-refractivity contribution in [2.45, 2.75) is 4.90 Å². The van der Waals surface area contributed by atoms with Gasteiger partial charge in [-0.15, -0.1) is 0 Å². The number of methoxy groups -OCH3 is 2. The maximum absolute atomic E-state index is 11.1. The van der Waals surface area contributed by atoms with Gasteiger partial charge in [-0.3, -0.25) is 4.55 Å². The Morgan fingerprint density at radius 2 is 1.29 bits per heavy atom. The fraction of sp³-hybridized carbons (Fsp3) is 0.125. The van der Waals surface area contributed by atoms with Crippen molar-refractivity contribution >= 4 is 22.1 Å². The normalized spacial score (nSPS) is 10.1. The van der Waals surface area contributed by atoms with E-state index < -0.39 is 22.1 Å². The number of hydrogen-bond donors (Lipinski definition) is 1. The van der Waals surface area contributed by atoms with E-state index in [-0.39, 0.29) is 4.90 Å². The van der Waals surface area contributed by atoms with Gasteiger partial charge in [0.25, 0.3) is 10.1 Å². The van der Waals surface area contributed by atoms with Gasteiger partial charge in [0.15, 0.2) is 0 Å². The summed E-state index contributed by atoms with van der Waals surface area (Å²) in [5.74, 6) is -0.952. The molecule has 0 bridgehead atoms. The Balaban J connectivity index is 0.000000254. The minimum atomic E-state index is -4.00. The van der Waals surface area contributed by atoms with Crippen LogP contribution in [0.5, 0.6) is 0 Å². The molecule has 0 saturated heterocycles. The first-order valence-electron chi connectivity index (χ1n) is 6.59. The summed E-state index contributed by atoms with van der Waals surface area (Å²) >= 11 is 0. The number of carbonyl (C=O) groups is 2. The molecule has 0 heterocycles. The molecule has 0 aromatic heterocycles. The van der Waals surface area contributed by atoms with E-state index in [2.05, 4.69) is 9.47 Å². The lowest BCUT2D eigenvalue weighted by atomic mass is 10.1. The molecule has 0 saturated carbocycles. The van der Waals surface area contributed by atoms with Crippen molar-refractivity contribution in [2.75, 3.05) is 14.2 Å². The molecule has 1 N–H and O–H groups in total. The van der Waals surface area contributed by atoms with Crippen molar-refractivity contribution < 1.29 is 32.0 Å². The second kappa shape index (κ2) is 8.80. The fourth-order valence-corrected chi connectivity index (χ4v) is 2.10. The van der Waals surface area contributed by atoms with Gasteiger partial charge in [0.05, 0.1) is 30.2 Å². The highest BCUT2D eigenvalue weighted by molar-refractivity contribution is 7.85. The third-order valence-electron chi connectivity index (χ3n) is 2.75. The van der Waals surface area contributed by atoms with Gasteiger partial charge in [0.2, 0.25) is 0 Å². The van der Waals surface area contributed by atoms with E-state index in [0.29, 0.717) is 11.1 Å². The fourth-order valence-electron chi connectivity index (χ4n) is 1.60. The molecular weight excluding hydrogens is 336 g/mol. The molecule has 0 unspecified atom stereocenters. The van der Waals surface area contributed by atoms with Crippen LogP contribution in [0.4, 0.5) is 0 Å². The summed E-state index contributed by atoms with van der Waals surface area (Å²) in [5.41, 5.74) is 0.658. The van der Waals surface area contributed by atoms with Crippen LogP contribution in [0.15, 0.2) is 59.5 Å². The van der Waals surface area contributed by atoms with Gasteiger partial charge < -0.3 is 9.47 Å². The van der Waals surface area contributed by atoms with Crippen LogP contribution in [0.25, 0.3) is 0 Å². The predicted octanol–water partition coefficient (Wildman–Crippen LogP) is 2.19. The number of rotatable bonds is 3. The Morgan fingerprint density at radius 1 is 0.833 bits per heavy atom. The topological polar surface area (TPSA) is 107 Å². The van der Waals surface area contributed by atoms with Crippen LogP contribution in [-0.4, -0.2) is 39.1 Å². The number of esters is 2. The molecule has 0 spiro atoms. The summed E-state index contributed by atoms with van der Waals surface area (Å²) in [7, 11) is -1.43. The Kier molecular flexibility index (Phi) is 7.09. The second-order valence-electron chi connectivity index (χ2n) is 4.35. The van der Waals surface area contributed by atoms with Crippen LogP contribution in [0.2, 0.25) is 0 Å². The summed E-state index contributed by atoms with van der Waals surface area (Å²) in [6.07, 6.45) is 0. The molecule has 8 heteroatoms. The summed E-state index contributed by atoms with van der Waals surface area (Å²) in [5, 5.41) is 0. The van der Waals surface area contributed by atoms with Crippen molar-refractivity contribution in [3.05, 3.63) is 65.7 Å². The van der Waals surface area contributed by atoms with Gasteiger partial charge in [-0.25, -0.2) is 9.59 Å². The van der Waals surface area contributed by atoms with E-state index in [1.807, 2.05) is 0 Å². The Morgan fingerprint density at radius 3 is 1.62 bits per heavy atom. The van der Waals surface area contributed by atoms with Crippen LogP contribution in [-0.2, 0) is 19.6 Å². The van der Waals surface area contributed by atoms with Gasteiger partial charge >= 0.3 is 11.9 Å². The quantitative estimate of drug-likeness (QED) is 0.666. The van der Waals surface area contributed by atoms with E-state index >= 15 is 0 Å². The molecule has 0 atom stereocenters. The largest absolute Gasteiger partial charge is 0.465 e. The van der Waals surface area contributed by atoms with Crippen LogP contribution in [0.1, 0.15) is 20.7 Å². The molecule has 0 aliphatic carbocycles. The summed E-state index contributed by atoms with van der Waals surface area (Å²) in [6.45, 7) is 0. The zero-order valence-electron chi connectivity index (χ0n) is 13.0. The molecule has 2 rings (SSSR count). The maximum atomic E-state index is 11.1. The predicted molar refractivity (Wildman–Crippen MR) is 85.4 cm³/mol. The van der Waals surface area contributed by atoms with E-state index in [9.17, 15) is 18.0 Å². The van der Waals surface area contributed by atoms with Crippen molar-refractivity contribution in [1.29, 1.82) is 0 Å². The summed E-state index contributed by atoms with van der Waals surface area (Å²) in [6, 6.07) is 13.6. The zero-order chi connectivity index (χ0) is 18.2. The second-order valence-corrected chi connectivity index (χ2v) is 5.77. The van der Waals surface area contributed by atoms with Gasteiger partial charge in [-0.1, -0.05) is 24.3 Å². The molecule has 2 aromatic rings. The molecule has 0 radical (unpaired) electrons. The third-order valence-corrected chi connectivity index (χ3v) is 3.61. The molecule has 0 amide bonds. The van der Waals surface area contributed by atoms with Crippen molar-refractivity contribution in [3.63, 3.8) is 0 Å². The highest BCUT2D eigenvalue weighted by Crippen LogP contribution is 2.07. The first-order valence-corrected chi connectivity index (χ1v) is 8.03.